The Hall–Kier alpha value is -4.37. The van der Waals surface area contributed by atoms with Gasteiger partial charge in [-0.1, -0.05) is 22.9 Å². The first kappa shape index (κ1) is 24.0. The summed E-state index contributed by atoms with van der Waals surface area (Å²) in [5.74, 6) is 1.34. The highest BCUT2D eigenvalue weighted by Crippen LogP contribution is 2.41. The molecule has 0 aliphatic carbocycles. The average Bonchev–Trinajstić information content (AvgIpc) is 3.56. The molecule has 6 aromatic rings. The van der Waals surface area contributed by atoms with Crippen LogP contribution in [0.5, 0.6) is 5.75 Å². The van der Waals surface area contributed by atoms with Crippen molar-refractivity contribution in [1.82, 2.24) is 18.7 Å². The highest BCUT2D eigenvalue weighted by atomic mass is 32.2. The molecule has 0 bridgehead atoms. The zero-order valence-electron chi connectivity index (χ0n) is 21.7. The van der Waals surface area contributed by atoms with Crippen LogP contribution in [0.15, 0.2) is 76.4 Å². The van der Waals surface area contributed by atoms with Gasteiger partial charge in [-0.05, 0) is 68.8 Å². The summed E-state index contributed by atoms with van der Waals surface area (Å²) in [5, 5.41) is 5.67. The molecule has 0 radical (unpaired) electrons. The van der Waals surface area contributed by atoms with Crippen molar-refractivity contribution >= 4 is 32.0 Å². The monoisotopic (exact) mass is 526 g/mol. The maximum absolute atomic E-state index is 14.3. The third-order valence-electron chi connectivity index (χ3n) is 7.00. The molecule has 8 nitrogen and oxygen atoms in total. The number of fused-ring (bicyclic) bond motifs is 2. The lowest BCUT2D eigenvalue weighted by atomic mass is 10.0. The number of pyridine rings is 1. The number of rotatable bonds is 5. The van der Waals surface area contributed by atoms with Crippen molar-refractivity contribution in [3.63, 3.8) is 0 Å². The molecule has 4 aromatic heterocycles. The van der Waals surface area contributed by atoms with E-state index in [1.807, 2.05) is 68.9 Å². The number of aromatic nitrogens is 4. The van der Waals surface area contributed by atoms with Crippen LogP contribution in [0, 0.1) is 20.8 Å². The molecule has 0 saturated heterocycles. The lowest BCUT2D eigenvalue weighted by Crippen LogP contribution is -2.14. The Morgan fingerprint density at radius 2 is 1.68 bits per heavy atom. The Bertz CT molecular complexity index is 1940. The molecular formula is C29H26N4O4S. The van der Waals surface area contributed by atoms with E-state index in [0.717, 1.165) is 38.9 Å². The molecule has 2 aromatic carbocycles. The molecule has 38 heavy (non-hydrogen) atoms. The van der Waals surface area contributed by atoms with E-state index < -0.39 is 10.0 Å². The van der Waals surface area contributed by atoms with Crippen molar-refractivity contribution in [2.75, 3.05) is 7.11 Å². The molecule has 192 valence electrons. The van der Waals surface area contributed by atoms with Gasteiger partial charge >= 0.3 is 0 Å². The van der Waals surface area contributed by atoms with E-state index in [2.05, 4.69) is 10.1 Å². The lowest BCUT2D eigenvalue weighted by molar-refractivity contribution is 0.393. The van der Waals surface area contributed by atoms with Crippen molar-refractivity contribution in [3.05, 3.63) is 84.0 Å². The number of aryl methyl sites for hydroxylation is 4. The van der Waals surface area contributed by atoms with Crippen LogP contribution < -0.4 is 4.74 Å². The van der Waals surface area contributed by atoms with E-state index in [1.165, 1.54) is 3.97 Å². The summed E-state index contributed by atoms with van der Waals surface area (Å²) in [4.78, 5) is 4.77. The zero-order chi connectivity index (χ0) is 26.8. The van der Waals surface area contributed by atoms with Crippen LogP contribution >= 0.6 is 0 Å². The Balaban J connectivity index is 1.75. The van der Waals surface area contributed by atoms with Crippen LogP contribution in [-0.2, 0) is 17.1 Å². The first-order valence-electron chi connectivity index (χ1n) is 12.1. The van der Waals surface area contributed by atoms with Gasteiger partial charge in [-0.2, -0.15) is 0 Å². The number of hydrogen-bond donors (Lipinski definition) is 0. The van der Waals surface area contributed by atoms with Crippen molar-refractivity contribution in [2.24, 2.45) is 7.05 Å². The second-order valence-electron chi connectivity index (χ2n) is 9.44. The molecule has 0 aliphatic heterocycles. The number of nitrogens with zero attached hydrogens (tertiary/aromatic N) is 4. The standard InChI is InChI=1S/C29H26N4O4S/c1-17-6-9-21(10-7-17)38(34,35)33-27(25-16-32(4)26-11-8-20(36-5)14-23(25)26)15-24-22(12-13-30-29(24)33)28-18(2)31-37-19(28)3/h6-16H,1-5H3. The smallest absolute Gasteiger partial charge is 0.269 e. The SMILES string of the molecule is COc1ccc2c(c1)c(-c1cc3c(-c4c(C)noc4C)ccnc3n1S(=O)(=O)c1ccc(C)cc1)cn2C. The fourth-order valence-electron chi connectivity index (χ4n) is 5.11. The average molecular weight is 527 g/mol. The van der Waals surface area contributed by atoms with Crippen molar-refractivity contribution < 1.29 is 17.7 Å². The minimum Gasteiger partial charge on any atom is -0.497 e. The molecule has 0 fully saturated rings. The number of methoxy groups -OCH3 is 1. The molecule has 6 rings (SSSR count). The quantitative estimate of drug-likeness (QED) is 0.273. The molecule has 9 heteroatoms. The normalized spacial score (nSPS) is 12.0. The first-order chi connectivity index (χ1) is 18.2. The van der Waals surface area contributed by atoms with Gasteiger partial charge in [-0.15, -0.1) is 0 Å². The van der Waals surface area contributed by atoms with Crippen molar-refractivity contribution in [2.45, 2.75) is 25.7 Å². The van der Waals surface area contributed by atoms with E-state index in [9.17, 15) is 8.42 Å². The molecule has 0 atom stereocenters. The second-order valence-corrected chi connectivity index (χ2v) is 11.2. The fraction of sp³-hybridized carbons (Fsp3) is 0.172. The molecule has 0 N–H and O–H groups in total. The van der Waals surface area contributed by atoms with Crippen LogP contribution in [0.4, 0.5) is 0 Å². The van der Waals surface area contributed by atoms with Gasteiger partial charge in [0.15, 0.2) is 5.65 Å². The predicted octanol–water partition coefficient (Wildman–Crippen LogP) is 6.02. The minimum absolute atomic E-state index is 0.184. The minimum atomic E-state index is -4.02. The predicted molar refractivity (Wildman–Crippen MR) is 147 cm³/mol. The largest absolute Gasteiger partial charge is 0.497 e. The highest BCUT2D eigenvalue weighted by molar-refractivity contribution is 7.90. The van der Waals surface area contributed by atoms with Gasteiger partial charge < -0.3 is 13.8 Å². The third-order valence-corrected chi connectivity index (χ3v) is 8.71. The summed E-state index contributed by atoms with van der Waals surface area (Å²) in [5.41, 5.74) is 5.87. The second kappa shape index (κ2) is 8.59. The van der Waals surface area contributed by atoms with Crippen LogP contribution in [0.2, 0.25) is 0 Å². The topological polar surface area (TPSA) is 92.2 Å². The summed E-state index contributed by atoms with van der Waals surface area (Å²) in [6.07, 6.45) is 3.57. The first-order valence-corrected chi connectivity index (χ1v) is 13.5. The Morgan fingerprint density at radius 3 is 2.37 bits per heavy atom. The molecule has 0 spiro atoms. The molecule has 0 amide bonds. The van der Waals surface area contributed by atoms with Gasteiger partial charge in [0.25, 0.3) is 10.0 Å². The van der Waals surface area contributed by atoms with E-state index in [1.54, 1.807) is 37.6 Å². The maximum Gasteiger partial charge on any atom is 0.269 e. The fourth-order valence-corrected chi connectivity index (χ4v) is 6.58. The zero-order valence-corrected chi connectivity index (χ0v) is 22.5. The van der Waals surface area contributed by atoms with E-state index in [-0.39, 0.29) is 4.90 Å². The van der Waals surface area contributed by atoms with Crippen LogP contribution in [0.3, 0.4) is 0 Å². The number of benzene rings is 2. The van der Waals surface area contributed by atoms with Crippen molar-refractivity contribution in [1.29, 1.82) is 0 Å². The molecule has 4 heterocycles. The molecular weight excluding hydrogens is 500 g/mol. The Labute approximate surface area is 220 Å². The maximum atomic E-state index is 14.3. The van der Waals surface area contributed by atoms with E-state index >= 15 is 0 Å². The van der Waals surface area contributed by atoms with Gasteiger partial charge in [-0.3, -0.25) is 0 Å². The van der Waals surface area contributed by atoms with Crippen LogP contribution in [0.25, 0.3) is 44.3 Å². The van der Waals surface area contributed by atoms with Gasteiger partial charge in [0.1, 0.15) is 11.5 Å². The number of hydrogen-bond acceptors (Lipinski definition) is 6. The van der Waals surface area contributed by atoms with Crippen LogP contribution in [0.1, 0.15) is 17.0 Å². The molecule has 0 aliphatic rings. The van der Waals surface area contributed by atoms with E-state index in [0.29, 0.717) is 28.2 Å². The summed E-state index contributed by atoms with van der Waals surface area (Å²) < 4.78 is 42.8. The Kier molecular flexibility index (Phi) is 5.43. The highest BCUT2D eigenvalue weighted by Gasteiger charge is 2.28. The summed E-state index contributed by atoms with van der Waals surface area (Å²) in [6.45, 7) is 5.64. The van der Waals surface area contributed by atoms with Gasteiger partial charge in [-0.25, -0.2) is 17.4 Å². The van der Waals surface area contributed by atoms with E-state index in [4.69, 9.17) is 9.26 Å². The number of ether oxygens (including phenoxy) is 1. The van der Waals surface area contributed by atoms with Gasteiger partial charge in [0.2, 0.25) is 0 Å². The Morgan fingerprint density at radius 1 is 0.921 bits per heavy atom. The van der Waals surface area contributed by atoms with Gasteiger partial charge in [0, 0.05) is 46.9 Å². The summed E-state index contributed by atoms with van der Waals surface area (Å²) in [6, 6.07) is 16.4. The lowest BCUT2D eigenvalue weighted by Gasteiger charge is -2.12. The third kappa shape index (κ3) is 3.53. The summed E-state index contributed by atoms with van der Waals surface area (Å²) in [7, 11) is -0.473. The van der Waals surface area contributed by atoms with Crippen LogP contribution in [-0.4, -0.2) is 34.2 Å². The summed E-state index contributed by atoms with van der Waals surface area (Å²) >= 11 is 0. The van der Waals surface area contributed by atoms with Crippen molar-refractivity contribution in [3.8, 4) is 28.1 Å². The van der Waals surface area contributed by atoms with Gasteiger partial charge in [0.05, 0.1) is 23.4 Å². The molecule has 0 saturated carbocycles. The molecule has 0 unspecified atom stereocenters.